The monoisotopic (exact) mass is 419 g/mol. The van der Waals surface area contributed by atoms with Gasteiger partial charge in [0.2, 0.25) is 5.91 Å². The van der Waals surface area contributed by atoms with Crippen molar-refractivity contribution in [2.45, 2.75) is 18.7 Å². The third-order valence-electron chi connectivity index (χ3n) is 4.58. The molecule has 156 valence electrons. The van der Waals surface area contributed by atoms with Crippen LogP contribution in [0.3, 0.4) is 0 Å². The number of anilines is 1. The number of nitrogens with one attached hydrogen (secondary N) is 1. The van der Waals surface area contributed by atoms with E-state index in [2.05, 4.69) is 5.32 Å². The molecule has 2 aromatic carbocycles. The first-order valence-electron chi connectivity index (χ1n) is 8.82. The van der Waals surface area contributed by atoms with Crippen molar-refractivity contribution in [2.24, 2.45) is 0 Å². The third kappa shape index (κ3) is 5.20. The highest BCUT2D eigenvalue weighted by Gasteiger charge is 2.23. The predicted molar refractivity (Wildman–Crippen MR) is 110 cm³/mol. The van der Waals surface area contributed by atoms with Gasteiger partial charge in [0.1, 0.15) is 0 Å². The summed E-state index contributed by atoms with van der Waals surface area (Å²) in [6.45, 7) is 3.67. The summed E-state index contributed by atoms with van der Waals surface area (Å²) >= 11 is 0. The number of benzene rings is 2. The molecule has 1 N–H and O–H groups in total. The number of carbonyl (C=O) groups excluding carboxylic acids is 2. The molecule has 0 bridgehead atoms. The highest BCUT2D eigenvalue weighted by Crippen LogP contribution is 2.19. The van der Waals surface area contributed by atoms with Gasteiger partial charge in [-0.05, 0) is 49.2 Å². The van der Waals surface area contributed by atoms with E-state index >= 15 is 0 Å². The van der Waals surface area contributed by atoms with Crippen molar-refractivity contribution in [3.8, 4) is 0 Å². The largest absolute Gasteiger partial charge is 0.332 e. The van der Waals surface area contributed by atoms with Gasteiger partial charge in [0.15, 0.2) is 0 Å². The maximum absolute atomic E-state index is 12.7. The van der Waals surface area contributed by atoms with Gasteiger partial charge in [-0.2, -0.15) is 0 Å². The van der Waals surface area contributed by atoms with E-state index in [0.717, 1.165) is 11.1 Å². The quantitative estimate of drug-likeness (QED) is 0.694. The molecule has 0 fully saturated rings. The van der Waals surface area contributed by atoms with Crippen molar-refractivity contribution in [3.63, 3.8) is 0 Å². The average molecular weight is 420 g/mol. The Balaban J connectivity index is 2.13. The minimum atomic E-state index is -3.88. The smallest absolute Gasteiger partial charge is 0.264 e. The number of sulfonamides is 1. The van der Waals surface area contributed by atoms with Crippen LogP contribution in [0.15, 0.2) is 47.4 Å². The van der Waals surface area contributed by atoms with E-state index in [1.54, 1.807) is 6.07 Å². The maximum atomic E-state index is 12.7. The number of hydrogen-bond acceptors (Lipinski definition) is 5. The van der Waals surface area contributed by atoms with E-state index in [4.69, 9.17) is 4.84 Å². The molecule has 2 rings (SSSR count). The van der Waals surface area contributed by atoms with E-state index in [1.807, 2.05) is 26.0 Å². The lowest BCUT2D eigenvalue weighted by Crippen LogP contribution is -2.35. The molecular formula is C20H25N3O5S. The van der Waals surface area contributed by atoms with Crippen molar-refractivity contribution < 1.29 is 22.8 Å². The summed E-state index contributed by atoms with van der Waals surface area (Å²) in [5, 5.41) is 2.79. The molecule has 0 unspecified atom stereocenters. The molecule has 0 aliphatic heterocycles. The molecule has 9 heteroatoms. The van der Waals surface area contributed by atoms with Gasteiger partial charge in [-0.25, -0.2) is 8.42 Å². The van der Waals surface area contributed by atoms with E-state index in [0.29, 0.717) is 10.2 Å². The Morgan fingerprint density at radius 2 is 1.72 bits per heavy atom. The molecule has 0 spiro atoms. The van der Waals surface area contributed by atoms with Crippen LogP contribution in [-0.4, -0.2) is 57.4 Å². The second-order valence-electron chi connectivity index (χ2n) is 6.58. The van der Waals surface area contributed by atoms with Crippen molar-refractivity contribution >= 4 is 27.5 Å². The SMILES string of the molecule is CON(C)S(=O)(=O)c1cccc(C(=O)N(C)CC(=O)Nc2cccc(C)c2C)c1. The van der Waals surface area contributed by atoms with E-state index in [1.165, 1.54) is 50.4 Å². The van der Waals surface area contributed by atoms with E-state index in [9.17, 15) is 18.0 Å². The van der Waals surface area contributed by atoms with Crippen LogP contribution in [0, 0.1) is 13.8 Å². The summed E-state index contributed by atoms with van der Waals surface area (Å²) in [6.07, 6.45) is 0. The Hall–Kier alpha value is -2.75. The molecule has 8 nitrogen and oxygen atoms in total. The lowest BCUT2D eigenvalue weighted by atomic mass is 10.1. The molecule has 0 saturated heterocycles. The molecule has 2 aromatic rings. The molecule has 0 aliphatic carbocycles. The number of hydrogen-bond donors (Lipinski definition) is 1. The fourth-order valence-electron chi connectivity index (χ4n) is 2.62. The van der Waals surface area contributed by atoms with Crippen molar-refractivity contribution in [1.82, 2.24) is 9.37 Å². The first-order valence-corrected chi connectivity index (χ1v) is 10.3. The Kier molecular flexibility index (Phi) is 7.12. The summed E-state index contributed by atoms with van der Waals surface area (Å²) in [6, 6.07) is 11.2. The molecule has 29 heavy (non-hydrogen) atoms. The van der Waals surface area contributed by atoms with Crippen LogP contribution in [0.1, 0.15) is 21.5 Å². The van der Waals surface area contributed by atoms with Gasteiger partial charge in [-0.3, -0.25) is 14.4 Å². The highest BCUT2D eigenvalue weighted by molar-refractivity contribution is 7.89. The first kappa shape index (κ1) is 22.5. The van der Waals surface area contributed by atoms with Gasteiger partial charge in [-0.1, -0.05) is 22.7 Å². The van der Waals surface area contributed by atoms with E-state index < -0.39 is 15.9 Å². The predicted octanol–water partition coefficient (Wildman–Crippen LogP) is 2.20. The Morgan fingerprint density at radius 1 is 1.07 bits per heavy atom. The molecule has 0 aromatic heterocycles. The van der Waals surface area contributed by atoms with Gasteiger partial charge in [-0.15, -0.1) is 0 Å². The maximum Gasteiger partial charge on any atom is 0.264 e. The third-order valence-corrected chi connectivity index (χ3v) is 6.26. The van der Waals surface area contributed by atoms with Crippen LogP contribution in [0.25, 0.3) is 0 Å². The average Bonchev–Trinajstić information content (AvgIpc) is 2.70. The van der Waals surface area contributed by atoms with E-state index in [-0.39, 0.29) is 22.9 Å². The highest BCUT2D eigenvalue weighted by atomic mass is 32.2. The summed E-state index contributed by atoms with van der Waals surface area (Å²) in [5.74, 6) is -0.823. The summed E-state index contributed by atoms with van der Waals surface area (Å²) < 4.78 is 25.4. The van der Waals surface area contributed by atoms with Crippen LogP contribution in [0.4, 0.5) is 5.69 Å². The van der Waals surface area contributed by atoms with Gasteiger partial charge >= 0.3 is 0 Å². The number of amides is 2. The minimum Gasteiger partial charge on any atom is -0.332 e. The lowest BCUT2D eigenvalue weighted by molar-refractivity contribution is -0.116. The molecule has 2 amide bonds. The minimum absolute atomic E-state index is 0.0825. The zero-order valence-electron chi connectivity index (χ0n) is 17.1. The van der Waals surface area contributed by atoms with Crippen LogP contribution in [-0.2, 0) is 19.7 Å². The van der Waals surface area contributed by atoms with Crippen LogP contribution >= 0.6 is 0 Å². The topological polar surface area (TPSA) is 96.0 Å². The molecule has 0 atom stereocenters. The van der Waals surface area contributed by atoms with Gasteiger partial charge in [0, 0.05) is 25.3 Å². The molecular weight excluding hydrogens is 394 g/mol. The standard InChI is InChI=1S/C20H25N3O5S/c1-14-8-6-11-18(15(14)2)21-19(24)13-22(3)20(25)16-9-7-10-17(12-16)29(26,27)23(4)28-5/h6-12H,13H2,1-5H3,(H,21,24). The number of nitrogens with zero attached hydrogens (tertiary/aromatic N) is 2. The molecule has 0 radical (unpaired) electrons. The number of carbonyl (C=O) groups is 2. The van der Waals surface area contributed by atoms with Crippen LogP contribution < -0.4 is 5.32 Å². The number of likely N-dealkylation sites (N-methyl/N-ethyl adjacent to an activating group) is 1. The Labute approximate surface area is 171 Å². The summed E-state index contributed by atoms with van der Waals surface area (Å²) in [7, 11) is 0.0859. The van der Waals surface area contributed by atoms with Crippen LogP contribution in [0.5, 0.6) is 0 Å². The van der Waals surface area contributed by atoms with Gasteiger partial charge in [0.05, 0.1) is 18.6 Å². The van der Waals surface area contributed by atoms with Gasteiger partial charge in [0.25, 0.3) is 15.9 Å². The zero-order valence-corrected chi connectivity index (χ0v) is 17.9. The fourth-order valence-corrected chi connectivity index (χ4v) is 3.64. The van der Waals surface area contributed by atoms with Crippen LogP contribution in [0.2, 0.25) is 0 Å². The fraction of sp³-hybridized carbons (Fsp3) is 0.300. The Bertz CT molecular complexity index is 1020. The van der Waals surface area contributed by atoms with Crippen molar-refractivity contribution in [1.29, 1.82) is 0 Å². The number of hydroxylamine groups is 1. The normalized spacial score (nSPS) is 11.4. The molecule has 0 aliphatic rings. The number of aryl methyl sites for hydroxylation is 1. The molecule has 0 saturated carbocycles. The first-order chi connectivity index (χ1) is 13.6. The summed E-state index contributed by atoms with van der Waals surface area (Å²) in [5.41, 5.74) is 2.84. The zero-order chi connectivity index (χ0) is 21.8. The van der Waals surface area contributed by atoms with Crippen molar-refractivity contribution in [3.05, 3.63) is 59.2 Å². The Morgan fingerprint density at radius 3 is 2.38 bits per heavy atom. The van der Waals surface area contributed by atoms with Gasteiger partial charge < -0.3 is 10.2 Å². The second-order valence-corrected chi connectivity index (χ2v) is 8.52. The number of rotatable bonds is 7. The second kappa shape index (κ2) is 9.17. The summed E-state index contributed by atoms with van der Waals surface area (Å²) in [4.78, 5) is 30.9. The lowest BCUT2D eigenvalue weighted by Gasteiger charge is -2.19. The molecule has 0 heterocycles. The van der Waals surface area contributed by atoms with Crippen molar-refractivity contribution in [2.75, 3.05) is 33.1 Å².